The number of nitrogens with zero attached hydrogens (tertiary/aromatic N) is 5. The maximum Gasteiger partial charge on any atom is 0.296 e. The van der Waals surface area contributed by atoms with Crippen LogP contribution in [0, 0.1) is 0 Å². The van der Waals surface area contributed by atoms with Crippen LogP contribution in [0.2, 0.25) is 0 Å². The SMILES string of the molecule is c1ccc(N=Nc2ccc(-n3cn[n+]([B-](c4ccccc4)(c4ccccc4)c4ccccc4)c3)cc2)cc1. The fourth-order valence-corrected chi connectivity index (χ4v) is 5.17. The van der Waals surface area contributed by atoms with E-state index in [9.17, 15) is 0 Å². The molecule has 0 amide bonds. The van der Waals surface area contributed by atoms with Gasteiger partial charge in [0.05, 0.1) is 11.4 Å². The van der Waals surface area contributed by atoms with Crippen molar-refractivity contribution in [3.63, 3.8) is 0 Å². The zero-order valence-corrected chi connectivity index (χ0v) is 20.8. The molecule has 0 unspecified atom stereocenters. The van der Waals surface area contributed by atoms with E-state index in [2.05, 4.69) is 112 Å². The van der Waals surface area contributed by atoms with Crippen molar-refractivity contribution in [3.05, 3.63) is 158 Å². The van der Waals surface area contributed by atoms with Crippen LogP contribution in [0.25, 0.3) is 5.69 Å². The minimum absolute atomic E-state index is 0.794. The minimum atomic E-state index is -1.58. The summed E-state index contributed by atoms with van der Waals surface area (Å²) < 4.78 is 4.16. The lowest BCUT2D eigenvalue weighted by molar-refractivity contribution is -0.604. The van der Waals surface area contributed by atoms with Crippen LogP contribution in [-0.2, 0) is 0 Å². The average molecular weight is 491 g/mol. The lowest BCUT2D eigenvalue weighted by Crippen LogP contribution is -2.85. The van der Waals surface area contributed by atoms with E-state index in [1.165, 1.54) is 16.4 Å². The summed E-state index contributed by atoms with van der Waals surface area (Å²) in [6.07, 6.45) is 2.36. The highest BCUT2D eigenvalue weighted by Gasteiger charge is 2.39. The average Bonchev–Trinajstić information content (AvgIpc) is 3.50. The standard InChI is InChI=1S/C32H26BN5/c1-5-13-27(14-6-1)33(28-15-7-2-8-16-28,29-17-9-3-10-18-29)38-26-37(25-34-38)32-23-21-31(22-24-32)36-35-30-19-11-4-12-20-30/h1-26H. The normalized spacial score (nSPS) is 11.6. The van der Waals surface area contributed by atoms with Crippen LogP contribution in [0.3, 0.4) is 0 Å². The second-order valence-electron chi connectivity index (χ2n) is 9.24. The van der Waals surface area contributed by atoms with Crippen LogP contribution < -0.4 is 21.0 Å². The third kappa shape index (κ3) is 4.44. The molecule has 6 rings (SSSR count). The smallest absolute Gasteiger partial charge is 0.296 e. The van der Waals surface area contributed by atoms with Crippen molar-refractivity contribution < 1.29 is 4.59 Å². The van der Waals surface area contributed by atoms with Crippen LogP contribution in [0.5, 0.6) is 0 Å². The molecule has 0 radical (unpaired) electrons. The molecule has 1 heterocycles. The Morgan fingerprint density at radius 3 is 1.39 bits per heavy atom. The molecular weight excluding hydrogens is 465 g/mol. The molecular formula is C32H26BN5. The zero-order valence-electron chi connectivity index (χ0n) is 20.8. The van der Waals surface area contributed by atoms with Crippen LogP contribution >= 0.6 is 0 Å². The minimum Gasteiger partial charge on any atom is -0.321 e. The Balaban J connectivity index is 1.43. The van der Waals surface area contributed by atoms with E-state index >= 15 is 0 Å². The van der Waals surface area contributed by atoms with Gasteiger partial charge in [0.1, 0.15) is 5.69 Å². The van der Waals surface area contributed by atoms with Gasteiger partial charge >= 0.3 is 0 Å². The Hall–Kier alpha value is -5.10. The molecule has 5 aromatic carbocycles. The number of benzene rings is 5. The van der Waals surface area contributed by atoms with E-state index in [0.717, 1.165) is 17.1 Å². The Labute approximate surface area is 222 Å². The van der Waals surface area contributed by atoms with Crippen molar-refractivity contribution in [1.82, 2.24) is 9.67 Å². The lowest BCUT2D eigenvalue weighted by atomic mass is 9.24. The summed E-state index contributed by atoms with van der Waals surface area (Å²) in [5.74, 6) is 0. The first-order valence-electron chi connectivity index (χ1n) is 12.7. The summed E-state index contributed by atoms with van der Waals surface area (Å²) in [5, 5.41) is 13.7. The van der Waals surface area contributed by atoms with Gasteiger partial charge in [-0.25, -0.2) is 0 Å². The molecule has 1 aromatic heterocycles. The molecule has 0 aliphatic carbocycles. The van der Waals surface area contributed by atoms with Crippen molar-refractivity contribution in [3.8, 4) is 5.69 Å². The highest BCUT2D eigenvalue weighted by atomic mass is 15.3. The molecule has 0 spiro atoms. The van der Waals surface area contributed by atoms with Crippen molar-refractivity contribution in [1.29, 1.82) is 0 Å². The van der Waals surface area contributed by atoms with Crippen LogP contribution in [0.4, 0.5) is 11.4 Å². The molecule has 0 fully saturated rings. The van der Waals surface area contributed by atoms with E-state index < -0.39 is 6.28 Å². The Morgan fingerprint density at radius 1 is 0.500 bits per heavy atom. The van der Waals surface area contributed by atoms with Gasteiger partial charge in [-0.1, -0.05) is 114 Å². The van der Waals surface area contributed by atoms with Gasteiger partial charge in [-0.2, -0.15) is 31.2 Å². The summed E-state index contributed by atoms with van der Waals surface area (Å²) in [4.78, 5) is 0. The Bertz CT molecular complexity index is 1540. The van der Waals surface area contributed by atoms with Gasteiger partial charge < -0.3 is 4.59 Å². The Morgan fingerprint density at radius 2 is 0.921 bits per heavy atom. The predicted molar refractivity (Wildman–Crippen MR) is 154 cm³/mol. The zero-order chi connectivity index (χ0) is 25.6. The fourth-order valence-electron chi connectivity index (χ4n) is 5.17. The molecule has 5 nitrogen and oxygen atoms in total. The molecule has 6 aromatic rings. The van der Waals surface area contributed by atoms with E-state index in [-0.39, 0.29) is 0 Å². The number of hydrogen-bond donors (Lipinski definition) is 0. The highest BCUT2D eigenvalue weighted by Crippen LogP contribution is 2.19. The van der Waals surface area contributed by atoms with Gasteiger partial charge in [0, 0.05) is 0 Å². The lowest BCUT2D eigenvalue weighted by Gasteiger charge is -2.37. The molecule has 0 aliphatic heterocycles. The van der Waals surface area contributed by atoms with Gasteiger partial charge in [-0.05, 0) is 36.4 Å². The van der Waals surface area contributed by atoms with E-state index in [0.29, 0.717) is 0 Å². The molecule has 182 valence electrons. The van der Waals surface area contributed by atoms with Crippen molar-refractivity contribution in [2.75, 3.05) is 0 Å². The highest BCUT2D eigenvalue weighted by molar-refractivity contribution is 7.05. The van der Waals surface area contributed by atoms with Crippen LogP contribution in [0.1, 0.15) is 0 Å². The molecule has 0 atom stereocenters. The van der Waals surface area contributed by atoms with E-state index in [4.69, 9.17) is 5.10 Å². The molecule has 6 heteroatoms. The first-order valence-corrected chi connectivity index (χ1v) is 12.7. The number of azo groups is 1. The van der Waals surface area contributed by atoms with Gasteiger partial charge in [0.2, 0.25) is 12.7 Å². The third-order valence-corrected chi connectivity index (χ3v) is 6.98. The number of aromatic nitrogens is 3. The first-order chi connectivity index (χ1) is 18.8. The summed E-state index contributed by atoms with van der Waals surface area (Å²) in [5.41, 5.74) is 6.19. The maximum atomic E-state index is 4.96. The van der Waals surface area contributed by atoms with Gasteiger partial charge in [0.15, 0.2) is 0 Å². The number of hydrogen-bond acceptors (Lipinski definition) is 3. The quantitative estimate of drug-likeness (QED) is 0.227. The van der Waals surface area contributed by atoms with Crippen molar-refractivity contribution in [2.45, 2.75) is 0 Å². The summed E-state index contributed by atoms with van der Waals surface area (Å²) in [6, 6.07) is 49.6. The van der Waals surface area contributed by atoms with Crippen molar-refractivity contribution in [2.24, 2.45) is 10.2 Å². The molecule has 0 N–H and O–H groups in total. The van der Waals surface area contributed by atoms with E-state index in [1.54, 1.807) is 0 Å². The van der Waals surface area contributed by atoms with Gasteiger partial charge in [-0.3, -0.25) is 0 Å². The van der Waals surface area contributed by atoms with Gasteiger partial charge in [0.25, 0.3) is 6.28 Å². The molecule has 0 bridgehead atoms. The third-order valence-electron chi connectivity index (χ3n) is 6.98. The first kappa shape index (κ1) is 23.3. The number of rotatable bonds is 7. The maximum absolute atomic E-state index is 4.96. The van der Waals surface area contributed by atoms with Gasteiger partial charge in [-0.15, -0.1) is 0 Å². The van der Waals surface area contributed by atoms with Crippen molar-refractivity contribution >= 4 is 34.0 Å². The summed E-state index contributed by atoms with van der Waals surface area (Å²) in [7, 11) is 0. The molecule has 0 aliphatic rings. The molecule has 38 heavy (non-hydrogen) atoms. The monoisotopic (exact) mass is 491 g/mol. The van der Waals surface area contributed by atoms with Crippen LogP contribution in [0.15, 0.2) is 168 Å². The predicted octanol–water partition coefficient (Wildman–Crippen LogP) is 5.09. The topological polar surface area (TPSA) is 46.4 Å². The summed E-state index contributed by atoms with van der Waals surface area (Å²) >= 11 is 0. The largest absolute Gasteiger partial charge is 0.321 e. The summed E-state index contributed by atoms with van der Waals surface area (Å²) in [6.45, 7) is 0. The molecule has 0 saturated heterocycles. The van der Waals surface area contributed by atoms with Crippen LogP contribution in [-0.4, -0.2) is 15.9 Å². The van der Waals surface area contributed by atoms with E-state index in [1.807, 2.05) is 65.5 Å². The Kier molecular flexibility index (Phi) is 6.43. The fraction of sp³-hybridized carbons (Fsp3) is 0. The second kappa shape index (κ2) is 10.5. The second-order valence-corrected chi connectivity index (χ2v) is 9.24. The molecule has 0 saturated carbocycles.